The molecule has 0 aromatic heterocycles. The average Bonchev–Trinajstić information content (AvgIpc) is 2.90. The van der Waals surface area contributed by atoms with Crippen molar-refractivity contribution in [3.63, 3.8) is 0 Å². The van der Waals surface area contributed by atoms with Gasteiger partial charge in [0.1, 0.15) is 0 Å². The summed E-state index contributed by atoms with van der Waals surface area (Å²) in [6.45, 7) is 2.74. The molecular formula is C28H32ClN3O3S. The molecule has 4 rings (SSSR count). The number of aliphatic hydroxyl groups is 1. The van der Waals surface area contributed by atoms with Crippen molar-refractivity contribution < 1.29 is 14.6 Å². The van der Waals surface area contributed by atoms with Crippen LogP contribution in [0, 0.1) is 0 Å². The lowest BCUT2D eigenvalue weighted by atomic mass is 10.1. The fourth-order valence-corrected chi connectivity index (χ4v) is 5.45. The molecule has 1 atom stereocenters. The van der Waals surface area contributed by atoms with E-state index in [-0.39, 0.29) is 12.5 Å². The summed E-state index contributed by atoms with van der Waals surface area (Å²) in [4.78, 5) is 19.5. The predicted molar refractivity (Wildman–Crippen MR) is 146 cm³/mol. The van der Waals surface area contributed by atoms with Gasteiger partial charge in [-0.05, 0) is 55.4 Å². The lowest BCUT2D eigenvalue weighted by molar-refractivity contribution is -0.127. The summed E-state index contributed by atoms with van der Waals surface area (Å²) >= 11 is 7.72. The van der Waals surface area contributed by atoms with Crippen LogP contribution in [0.25, 0.3) is 0 Å². The first kappa shape index (κ1) is 26.5. The summed E-state index contributed by atoms with van der Waals surface area (Å²) in [5.74, 6) is -0.111. The van der Waals surface area contributed by atoms with E-state index >= 15 is 0 Å². The first-order valence-electron chi connectivity index (χ1n) is 12.1. The first-order valence-corrected chi connectivity index (χ1v) is 13.3. The summed E-state index contributed by atoms with van der Waals surface area (Å²) in [5, 5.41) is 13.1. The quantitative estimate of drug-likeness (QED) is 0.326. The number of para-hydroxylation sites is 2. The molecule has 0 aliphatic carbocycles. The molecule has 0 bridgehead atoms. The number of carbonyl (C=O) groups is 1. The maximum absolute atomic E-state index is 12.8. The van der Waals surface area contributed by atoms with Crippen molar-refractivity contribution in [1.82, 2.24) is 10.2 Å². The highest BCUT2D eigenvalue weighted by Gasteiger charge is 2.24. The Morgan fingerprint density at radius 2 is 1.67 bits per heavy atom. The van der Waals surface area contributed by atoms with Crippen LogP contribution in [0.3, 0.4) is 0 Å². The van der Waals surface area contributed by atoms with Gasteiger partial charge in [-0.15, -0.1) is 0 Å². The molecule has 3 aromatic rings. The molecular weight excluding hydrogens is 494 g/mol. The number of nitrogens with one attached hydrogen (secondary N) is 1. The van der Waals surface area contributed by atoms with Gasteiger partial charge in [0.2, 0.25) is 5.91 Å². The van der Waals surface area contributed by atoms with Crippen LogP contribution in [0.15, 0.2) is 82.6 Å². The lowest BCUT2D eigenvalue weighted by Crippen LogP contribution is -2.46. The number of hydrogen-bond donors (Lipinski definition) is 2. The second-order valence-corrected chi connectivity index (χ2v) is 10.2. The molecule has 1 unspecified atom stereocenters. The number of fused-ring (bicyclic) bond motifs is 2. The molecule has 0 saturated carbocycles. The Morgan fingerprint density at radius 1 is 1.03 bits per heavy atom. The number of aliphatic hydroxyl groups excluding tert-OH is 1. The maximum Gasteiger partial charge on any atom is 0.237 e. The zero-order valence-electron chi connectivity index (χ0n) is 20.4. The first-order chi connectivity index (χ1) is 17.6. The smallest absolute Gasteiger partial charge is 0.237 e. The van der Waals surface area contributed by atoms with Crippen LogP contribution < -0.4 is 10.2 Å². The molecule has 1 aliphatic heterocycles. The average molecular weight is 526 g/mol. The number of halogens is 1. The summed E-state index contributed by atoms with van der Waals surface area (Å²) in [6.07, 6.45) is 0.363. The number of ether oxygens (including phenoxy) is 1. The minimum Gasteiger partial charge on any atom is -0.396 e. The molecule has 1 amide bonds. The van der Waals surface area contributed by atoms with E-state index in [9.17, 15) is 9.90 Å². The van der Waals surface area contributed by atoms with Gasteiger partial charge in [0.05, 0.1) is 30.6 Å². The molecule has 1 heterocycles. The van der Waals surface area contributed by atoms with E-state index in [2.05, 4.69) is 58.7 Å². The van der Waals surface area contributed by atoms with Crippen molar-refractivity contribution in [2.75, 3.05) is 44.9 Å². The lowest BCUT2D eigenvalue weighted by Gasteiger charge is -2.32. The van der Waals surface area contributed by atoms with E-state index in [1.807, 2.05) is 24.1 Å². The van der Waals surface area contributed by atoms with E-state index in [1.165, 1.54) is 21.2 Å². The maximum atomic E-state index is 12.8. The Balaban J connectivity index is 1.26. The van der Waals surface area contributed by atoms with E-state index in [4.69, 9.17) is 16.3 Å². The molecule has 3 aromatic carbocycles. The summed E-state index contributed by atoms with van der Waals surface area (Å²) in [6, 6.07) is 23.8. The van der Waals surface area contributed by atoms with Crippen LogP contribution in [-0.4, -0.2) is 61.9 Å². The number of rotatable bonds is 12. The minimum atomic E-state index is -0.427. The third-order valence-electron chi connectivity index (χ3n) is 6.20. The van der Waals surface area contributed by atoms with Gasteiger partial charge >= 0.3 is 0 Å². The Bertz CT molecular complexity index is 1100. The predicted octanol–water partition coefficient (Wildman–Crippen LogP) is 4.96. The third kappa shape index (κ3) is 6.81. The van der Waals surface area contributed by atoms with Crippen molar-refractivity contribution in [1.29, 1.82) is 0 Å². The monoisotopic (exact) mass is 525 g/mol. The normalized spacial score (nSPS) is 13.3. The Kier molecular flexibility index (Phi) is 9.67. The van der Waals surface area contributed by atoms with Gasteiger partial charge in [-0.3, -0.25) is 9.69 Å². The topological polar surface area (TPSA) is 65.0 Å². The van der Waals surface area contributed by atoms with E-state index < -0.39 is 6.04 Å². The van der Waals surface area contributed by atoms with Crippen molar-refractivity contribution in [2.45, 2.75) is 28.8 Å². The molecule has 0 fully saturated rings. The van der Waals surface area contributed by atoms with Gasteiger partial charge in [0, 0.05) is 41.1 Å². The molecule has 0 saturated heterocycles. The van der Waals surface area contributed by atoms with Crippen molar-refractivity contribution in [3.05, 3.63) is 83.4 Å². The second kappa shape index (κ2) is 13.1. The number of hydrogen-bond acceptors (Lipinski definition) is 6. The molecule has 36 heavy (non-hydrogen) atoms. The van der Waals surface area contributed by atoms with Crippen LogP contribution in [0.1, 0.15) is 12.0 Å². The molecule has 190 valence electrons. The van der Waals surface area contributed by atoms with Crippen molar-refractivity contribution in [3.8, 4) is 0 Å². The number of amides is 1. The van der Waals surface area contributed by atoms with Crippen LogP contribution in [-0.2, 0) is 16.1 Å². The zero-order valence-corrected chi connectivity index (χ0v) is 22.0. The Hall–Kier alpha value is -2.55. The van der Waals surface area contributed by atoms with Crippen molar-refractivity contribution >= 4 is 40.6 Å². The van der Waals surface area contributed by atoms with E-state index in [0.717, 1.165) is 12.1 Å². The number of likely N-dealkylation sites (N-methyl/N-ethyl adjacent to an activating group) is 1. The molecule has 2 N–H and O–H groups in total. The second-order valence-electron chi connectivity index (χ2n) is 8.65. The summed E-state index contributed by atoms with van der Waals surface area (Å²) in [5.41, 5.74) is 3.37. The molecule has 0 spiro atoms. The van der Waals surface area contributed by atoms with Gasteiger partial charge in [-0.2, -0.15) is 0 Å². The fraction of sp³-hybridized carbons (Fsp3) is 0.321. The van der Waals surface area contributed by atoms with E-state index in [0.29, 0.717) is 37.7 Å². The van der Waals surface area contributed by atoms with Gasteiger partial charge in [-0.1, -0.05) is 59.8 Å². The minimum absolute atomic E-state index is 0.0595. The van der Waals surface area contributed by atoms with Crippen LogP contribution in [0.5, 0.6) is 0 Å². The number of carbonyl (C=O) groups excluding carboxylic acids is 1. The molecule has 6 nitrogen and oxygen atoms in total. The molecule has 8 heteroatoms. The SMILES string of the molecule is CN(CCOCCN1c2ccccc2Sc2ccccc21)C(CCO)C(=O)NCc1ccc(Cl)cc1. The van der Waals surface area contributed by atoms with Crippen LogP contribution in [0.2, 0.25) is 5.02 Å². The third-order valence-corrected chi connectivity index (χ3v) is 7.58. The molecule has 1 aliphatic rings. The van der Waals surface area contributed by atoms with Gasteiger partial charge in [-0.25, -0.2) is 0 Å². The van der Waals surface area contributed by atoms with Gasteiger partial charge < -0.3 is 20.1 Å². The standard InChI is InChI=1S/C28H32ClN3O3S/c1-31(25(14-17-33)28(34)30-20-21-10-12-22(29)13-11-21)15-18-35-19-16-32-23-6-2-4-8-26(23)36-27-9-5-3-7-24(27)32/h2-13,25,33H,14-20H2,1H3,(H,30,34). The largest absolute Gasteiger partial charge is 0.396 e. The number of nitrogens with zero attached hydrogens (tertiary/aromatic N) is 2. The zero-order chi connectivity index (χ0) is 25.3. The molecule has 0 radical (unpaired) electrons. The Morgan fingerprint density at radius 3 is 2.31 bits per heavy atom. The highest BCUT2D eigenvalue weighted by Crippen LogP contribution is 2.47. The number of benzene rings is 3. The highest BCUT2D eigenvalue weighted by atomic mass is 35.5. The van der Waals surface area contributed by atoms with E-state index in [1.54, 1.807) is 23.9 Å². The number of anilines is 2. The van der Waals surface area contributed by atoms with Crippen molar-refractivity contribution in [2.24, 2.45) is 0 Å². The fourth-order valence-electron chi connectivity index (χ4n) is 4.23. The van der Waals surface area contributed by atoms with Gasteiger partial charge in [0.15, 0.2) is 0 Å². The summed E-state index contributed by atoms with van der Waals surface area (Å²) < 4.78 is 5.99. The van der Waals surface area contributed by atoms with Crippen LogP contribution >= 0.6 is 23.4 Å². The van der Waals surface area contributed by atoms with Gasteiger partial charge in [0.25, 0.3) is 0 Å². The highest BCUT2D eigenvalue weighted by molar-refractivity contribution is 7.99. The van der Waals surface area contributed by atoms with Crippen LogP contribution in [0.4, 0.5) is 11.4 Å². The Labute approximate surface area is 222 Å². The summed E-state index contributed by atoms with van der Waals surface area (Å²) in [7, 11) is 1.89.